The molecule has 0 aromatic carbocycles. The van der Waals surface area contributed by atoms with Gasteiger partial charge in [-0.25, -0.2) is 9.97 Å². The summed E-state index contributed by atoms with van der Waals surface area (Å²) in [6.07, 6.45) is 6.80. The summed E-state index contributed by atoms with van der Waals surface area (Å²) in [6.45, 7) is 8.99. The standard InChI is InChI=1S/C19H23ClN4S/c1-5-13(8-14(12(2)3)6-7-22-4)16-9-15(10-23-19(16)21)17-18(20)24-11-25-17/h5,8-11,22H,2,6-7H2,1,3-4H3,(H2,21,23)/b13-5+,14-8-. The van der Waals surface area contributed by atoms with Crippen LogP contribution in [0.25, 0.3) is 16.0 Å². The zero-order valence-corrected chi connectivity index (χ0v) is 16.3. The van der Waals surface area contributed by atoms with Gasteiger partial charge in [0.15, 0.2) is 0 Å². The molecule has 0 saturated heterocycles. The fourth-order valence-electron chi connectivity index (χ4n) is 2.42. The number of nitrogens with two attached hydrogens (primary N) is 1. The van der Waals surface area contributed by atoms with Crippen LogP contribution in [0.3, 0.4) is 0 Å². The third kappa shape index (κ3) is 4.78. The highest BCUT2D eigenvalue weighted by Gasteiger charge is 2.12. The van der Waals surface area contributed by atoms with Crippen molar-refractivity contribution in [2.75, 3.05) is 19.3 Å². The second-order valence-electron chi connectivity index (χ2n) is 5.68. The minimum atomic E-state index is 0.483. The topological polar surface area (TPSA) is 63.8 Å². The maximum absolute atomic E-state index is 6.16. The van der Waals surface area contributed by atoms with Crippen molar-refractivity contribution in [3.8, 4) is 10.4 Å². The minimum Gasteiger partial charge on any atom is -0.383 e. The summed E-state index contributed by atoms with van der Waals surface area (Å²) in [5.74, 6) is 0.489. The van der Waals surface area contributed by atoms with Crippen molar-refractivity contribution in [2.24, 2.45) is 0 Å². The van der Waals surface area contributed by atoms with Crippen molar-refractivity contribution in [3.63, 3.8) is 0 Å². The van der Waals surface area contributed by atoms with Crippen molar-refractivity contribution >= 4 is 34.3 Å². The predicted octanol–water partition coefficient (Wildman–Crippen LogP) is 4.96. The molecule has 0 aliphatic heterocycles. The van der Waals surface area contributed by atoms with Gasteiger partial charge in [0.05, 0.1) is 10.4 Å². The van der Waals surface area contributed by atoms with Crippen LogP contribution >= 0.6 is 22.9 Å². The number of nitrogens with one attached hydrogen (secondary N) is 1. The molecule has 2 rings (SSSR count). The van der Waals surface area contributed by atoms with Crippen molar-refractivity contribution in [1.29, 1.82) is 0 Å². The van der Waals surface area contributed by atoms with Gasteiger partial charge in [0.25, 0.3) is 0 Å². The fourth-order valence-corrected chi connectivity index (χ4v) is 3.43. The normalized spacial score (nSPS) is 12.5. The van der Waals surface area contributed by atoms with E-state index in [1.165, 1.54) is 16.9 Å². The Morgan fingerprint density at radius 1 is 1.44 bits per heavy atom. The quantitative estimate of drug-likeness (QED) is 0.672. The first-order valence-electron chi connectivity index (χ1n) is 8.00. The zero-order valence-electron chi connectivity index (χ0n) is 14.8. The van der Waals surface area contributed by atoms with E-state index in [2.05, 4.69) is 27.9 Å². The van der Waals surface area contributed by atoms with E-state index < -0.39 is 0 Å². The number of pyridine rings is 1. The number of hydrogen-bond acceptors (Lipinski definition) is 5. The molecule has 4 nitrogen and oxygen atoms in total. The summed E-state index contributed by atoms with van der Waals surface area (Å²) in [5.41, 5.74) is 12.9. The average Bonchev–Trinajstić information content (AvgIpc) is 3.02. The largest absolute Gasteiger partial charge is 0.383 e. The number of halogens is 1. The Balaban J connectivity index is 2.47. The zero-order chi connectivity index (χ0) is 18.4. The lowest BCUT2D eigenvalue weighted by Crippen LogP contribution is -2.08. The molecule has 0 fully saturated rings. The summed E-state index contributed by atoms with van der Waals surface area (Å²) in [4.78, 5) is 9.34. The van der Waals surface area contributed by atoms with Gasteiger partial charge in [-0.15, -0.1) is 11.3 Å². The van der Waals surface area contributed by atoms with Crippen LogP contribution < -0.4 is 11.1 Å². The minimum absolute atomic E-state index is 0.483. The third-order valence-corrected chi connectivity index (χ3v) is 5.12. The van der Waals surface area contributed by atoms with Crippen molar-refractivity contribution < 1.29 is 0 Å². The number of allylic oxidation sites excluding steroid dienone is 4. The van der Waals surface area contributed by atoms with E-state index >= 15 is 0 Å². The number of aromatic nitrogens is 2. The molecule has 0 spiro atoms. The summed E-state index contributed by atoms with van der Waals surface area (Å²) in [5, 5.41) is 3.65. The Labute approximate surface area is 158 Å². The lowest BCUT2D eigenvalue weighted by molar-refractivity contribution is 0.789. The summed E-state index contributed by atoms with van der Waals surface area (Å²) in [7, 11) is 1.94. The molecule has 0 saturated carbocycles. The lowest BCUT2D eigenvalue weighted by Gasteiger charge is -2.12. The molecule has 0 aliphatic rings. The molecule has 25 heavy (non-hydrogen) atoms. The molecule has 0 atom stereocenters. The van der Waals surface area contributed by atoms with E-state index in [1.54, 1.807) is 11.7 Å². The van der Waals surface area contributed by atoms with Gasteiger partial charge in [-0.2, -0.15) is 0 Å². The number of nitrogen functional groups attached to an aromatic ring is 1. The number of hydrogen-bond donors (Lipinski definition) is 2. The Hall–Kier alpha value is -1.95. The average molecular weight is 375 g/mol. The second kappa shape index (κ2) is 8.94. The van der Waals surface area contributed by atoms with E-state index in [-0.39, 0.29) is 0 Å². The Bertz CT molecular complexity index is 821. The van der Waals surface area contributed by atoms with Gasteiger partial charge in [-0.1, -0.05) is 35.9 Å². The highest BCUT2D eigenvalue weighted by molar-refractivity contribution is 7.13. The molecular formula is C19H23ClN4S. The molecule has 0 aliphatic carbocycles. The van der Waals surface area contributed by atoms with Crippen LogP contribution in [-0.4, -0.2) is 23.6 Å². The Morgan fingerprint density at radius 3 is 2.76 bits per heavy atom. The predicted molar refractivity (Wildman–Crippen MR) is 110 cm³/mol. The molecule has 0 unspecified atom stereocenters. The maximum Gasteiger partial charge on any atom is 0.147 e. The monoisotopic (exact) mass is 374 g/mol. The lowest BCUT2D eigenvalue weighted by atomic mass is 9.97. The van der Waals surface area contributed by atoms with Crippen LogP contribution in [0, 0.1) is 0 Å². The van der Waals surface area contributed by atoms with E-state index in [0.717, 1.165) is 40.1 Å². The van der Waals surface area contributed by atoms with Gasteiger partial charge >= 0.3 is 0 Å². The van der Waals surface area contributed by atoms with Gasteiger partial charge in [-0.05, 0) is 51.1 Å². The van der Waals surface area contributed by atoms with Gasteiger partial charge in [-0.3, -0.25) is 0 Å². The first-order chi connectivity index (χ1) is 12.0. The van der Waals surface area contributed by atoms with Crippen LogP contribution in [0.5, 0.6) is 0 Å². The molecule has 0 amide bonds. The molecule has 132 valence electrons. The maximum atomic E-state index is 6.16. The third-order valence-electron chi connectivity index (χ3n) is 3.85. The number of anilines is 1. The Kier molecular flexibility index (Phi) is 6.93. The highest BCUT2D eigenvalue weighted by atomic mass is 35.5. The van der Waals surface area contributed by atoms with Gasteiger partial charge < -0.3 is 11.1 Å². The molecule has 2 aromatic rings. The van der Waals surface area contributed by atoms with Gasteiger partial charge in [0.1, 0.15) is 11.0 Å². The van der Waals surface area contributed by atoms with Crippen LogP contribution in [0.1, 0.15) is 25.8 Å². The van der Waals surface area contributed by atoms with Crippen molar-refractivity contribution in [3.05, 3.63) is 58.4 Å². The summed E-state index contributed by atoms with van der Waals surface area (Å²) >= 11 is 7.64. The molecule has 0 radical (unpaired) electrons. The first-order valence-corrected chi connectivity index (χ1v) is 9.26. The van der Waals surface area contributed by atoms with E-state index in [9.17, 15) is 0 Å². The highest BCUT2D eigenvalue weighted by Crippen LogP contribution is 2.34. The molecule has 6 heteroatoms. The summed E-state index contributed by atoms with van der Waals surface area (Å²) < 4.78 is 0. The van der Waals surface area contributed by atoms with Gasteiger partial charge in [0.2, 0.25) is 0 Å². The number of rotatable bonds is 7. The smallest absolute Gasteiger partial charge is 0.147 e. The fraction of sp³-hybridized carbons (Fsp3) is 0.263. The van der Waals surface area contributed by atoms with Crippen molar-refractivity contribution in [2.45, 2.75) is 20.3 Å². The van der Waals surface area contributed by atoms with Crippen LogP contribution in [0.15, 0.2) is 47.7 Å². The van der Waals surface area contributed by atoms with E-state index in [4.69, 9.17) is 17.3 Å². The molecule has 2 aromatic heterocycles. The van der Waals surface area contributed by atoms with E-state index in [0.29, 0.717) is 11.0 Å². The SMILES string of the molecule is C=C(C)/C(=C\C(=C/C)c1cc(-c2scnc2Cl)cnc1N)CCNC. The molecule has 0 bridgehead atoms. The number of thiazole rings is 1. The Morgan fingerprint density at radius 2 is 2.20 bits per heavy atom. The summed E-state index contributed by atoms with van der Waals surface area (Å²) in [6, 6.07) is 2.02. The molecular weight excluding hydrogens is 352 g/mol. The molecule has 2 heterocycles. The van der Waals surface area contributed by atoms with Crippen LogP contribution in [0.4, 0.5) is 5.82 Å². The first kappa shape index (κ1) is 19.4. The second-order valence-corrected chi connectivity index (χ2v) is 6.89. The molecule has 3 N–H and O–H groups in total. The van der Waals surface area contributed by atoms with Gasteiger partial charge in [0, 0.05) is 17.3 Å². The van der Waals surface area contributed by atoms with E-state index in [1.807, 2.05) is 33.0 Å². The van der Waals surface area contributed by atoms with Crippen LogP contribution in [-0.2, 0) is 0 Å². The number of nitrogens with zero attached hydrogens (tertiary/aromatic N) is 2. The van der Waals surface area contributed by atoms with Crippen molar-refractivity contribution in [1.82, 2.24) is 15.3 Å². The van der Waals surface area contributed by atoms with Crippen LogP contribution in [0.2, 0.25) is 5.15 Å².